The molecule has 3 aromatic rings. The van der Waals surface area contributed by atoms with E-state index in [1.165, 1.54) is 6.07 Å². The molecule has 1 aliphatic heterocycles. The summed E-state index contributed by atoms with van der Waals surface area (Å²) in [6, 6.07) is 11.5. The number of hydrogen-bond donors (Lipinski definition) is 0. The number of esters is 1. The second kappa shape index (κ2) is 7.93. The van der Waals surface area contributed by atoms with E-state index < -0.39 is 31.1 Å². The molecule has 4 rings (SSSR count). The van der Waals surface area contributed by atoms with Crippen LogP contribution in [0.15, 0.2) is 42.5 Å². The fraction of sp³-hybridized carbons (Fsp3) is 0.143. The van der Waals surface area contributed by atoms with Crippen LogP contribution in [0.2, 0.25) is 10.0 Å². The van der Waals surface area contributed by atoms with Crippen molar-refractivity contribution in [1.82, 2.24) is 9.88 Å². The second-order valence-electron chi connectivity index (χ2n) is 6.54. The van der Waals surface area contributed by atoms with Crippen molar-refractivity contribution >= 4 is 51.9 Å². The number of rotatable bonds is 5. The number of halogens is 2. The molecule has 7 nitrogen and oxygen atoms in total. The summed E-state index contributed by atoms with van der Waals surface area (Å²) in [5.74, 6) is -1.62. The summed E-state index contributed by atoms with van der Waals surface area (Å²) in [6.45, 7) is 0.796. The lowest BCUT2D eigenvalue weighted by Crippen LogP contribution is -2.34. The third-order valence-electron chi connectivity index (χ3n) is 4.54. The Morgan fingerprint density at radius 2 is 1.70 bits per heavy atom. The molecule has 0 radical (unpaired) electrons. The van der Waals surface area contributed by atoms with Crippen LogP contribution in [-0.4, -0.2) is 41.0 Å². The largest absolute Gasteiger partial charge is 0.478 e. The van der Waals surface area contributed by atoms with Gasteiger partial charge in [-0.2, -0.15) is 0 Å². The predicted octanol–water partition coefficient (Wildman–Crippen LogP) is 4.03. The van der Waals surface area contributed by atoms with Crippen LogP contribution in [0.5, 0.6) is 5.75 Å². The van der Waals surface area contributed by atoms with Crippen molar-refractivity contribution in [2.24, 2.45) is 0 Å². The Kier molecular flexibility index (Phi) is 5.32. The number of imide groups is 1. The van der Waals surface area contributed by atoms with E-state index >= 15 is 0 Å². The number of hydrogen-bond acceptors (Lipinski definition) is 6. The molecular weight excluding hydrogens is 431 g/mol. The van der Waals surface area contributed by atoms with Crippen LogP contribution >= 0.6 is 23.2 Å². The van der Waals surface area contributed by atoms with E-state index in [2.05, 4.69) is 4.98 Å². The molecule has 0 N–H and O–H groups in total. The highest BCUT2D eigenvalue weighted by molar-refractivity contribution is 6.39. The molecule has 0 atom stereocenters. The number of benzene rings is 2. The second-order valence-corrected chi connectivity index (χ2v) is 7.35. The lowest BCUT2D eigenvalue weighted by Gasteiger charge is -2.15. The fourth-order valence-electron chi connectivity index (χ4n) is 3.09. The highest BCUT2D eigenvalue weighted by Crippen LogP contribution is 2.37. The Balaban J connectivity index is 1.44. The molecule has 0 bridgehead atoms. The van der Waals surface area contributed by atoms with Gasteiger partial charge in [-0.3, -0.25) is 9.59 Å². The van der Waals surface area contributed by atoms with E-state index in [0.717, 1.165) is 10.6 Å². The first kappa shape index (κ1) is 20.1. The molecule has 2 amide bonds. The number of carbonyl (C=O) groups excluding carboxylic acids is 3. The van der Waals surface area contributed by atoms with E-state index in [1.54, 1.807) is 43.3 Å². The summed E-state index contributed by atoms with van der Waals surface area (Å²) in [6.07, 6.45) is 0. The molecule has 0 spiro atoms. The number of aromatic nitrogens is 1. The van der Waals surface area contributed by atoms with Gasteiger partial charge in [-0.25, -0.2) is 14.7 Å². The van der Waals surface area contributed by atoms with Gasteiger partial charge in [0.15, 0.2) is 19.1 Å². The number of fused-ring (bicyclic) bond motifs is 2. The molecule has 0 saturated heterocycles. The maximum atomic E-state index is 12.3. The van der Waals surface area contributed by atoms with Gasteiger partial charge in [-0.1, -0.05) is 35.3 Å². The Morgan fingerprint density at radius 3 is 2.37 bits per heavy atom. The van der Waals surface area contributed by atoms with Crippen LogP contribution in [0.1, 0.15) is 26.4 Å². The highest BCUT2D eigenvalue weighted by Gasteiger charge is 2.35. The maximum absolute atomic E-state index is 12.3. The average molecular weight is 445 g/mol. The third-order valence-corrected chi connectivity index (χ3v) is 5.14. The number of aryl methyl sites for hydroxylation is 1. The van der Waals surface area contributed by atoms with Crippen molar-refractivity contribution in [3.63, 3.8) is 0 Å². The quantitative estimate of drug-likeness (QED) is 0.436. The van der Waals surface area contributed by atoms with Gasteiger partial charge in [-0.15, -0.1) is 0 Å². The standard InChI is InChI=1S/C21H14Cl2N2O5/c1-11-6-7-14-15(22)8-16(23)19(18(14)24-11)29-9-17(26)30-10-25-20(27)12-4-2-3-5-13(12)21(25)28/h2-8H,9-10H2,1H3. The number of carbonyl (C=O) groups is 3. The summed E-state index contributed by atoms with van der Waals surface area (Å²) in [5.41, 5.74) is 1.69. The summed E-state index contributed by atoms with van der Waals surface area (Å²) >= 11 is 12.4. The van der Waals surface area contributed by atoms with Gasteiger partial charge in [-0.05, 0) is 37.3 Å². The molecule has 30 heavy (non-hydrogen) atoms. The molecule has 1 aromatic heterocycles. The molecule has 0 fully saturated rings. The SMILES string of the molecule is Cc1ccc2c(Cl)cc(Cl)c(OCC(=O)OCN3C(=O)c4ccccc4C3=O)c2n1. The van der Waals surface area contributed by atoms with Crippen molar-refractivity contribution in [3.8, 4) is 5.75 Å². The Bertz CT molecular complexity index is 1180. The van der Waals surface area contributed by atoms with E-state index in [9.17, 15) is 14.4 Å². The topological polar surface area (TPSA) is 85.8 Å². The molecule has 0 aliphatic carbocycles. The highest BCUT2D eigenvalue weighted by atomic mass is 35.5. The van der Waals surface area contributed by atoms with Crippen molar-refractivity contribution in [3.05, 3.63) is 69.3 Å². The minimum atomic E-state index is -0.779. The van der Waals surface area contributed by atoms with Crippen LogP contribution in [0.3, 0.4) is 0 Å². The van der Waals surface area contributed by atoms with Crippen molar-refractivity contribution in [2.45, 2.75) is 6.92 Å². The normalized spacial score (nSPS) is 13.0. The van der Waals surface area contributed by atoms with Crippen LogP contribution in [0.4, 0.5) is 0 Å². The van der Waals surface area contributed by atoms with Gasteiger partial charge in [0.2, 0.25) is 0 Å². The summed E-state index contributed by atoms with van der Waals surface area (Å²) in [5, 5.41) is 1.22. The Labute approximate surface area is 181 Å². The van der Waals surface area contributed by atoms with E-state index in [1.807, 2.05) is 0 Å². The Hall–Kier alpha value is -3.16. The van der Waals surface area contributed by atoms with Gasteiger partial charge in [0.1, 0.15) is 5.52 Å². The zero-order chi connectivity index (χ0) is 21.4. The van der Waals surface area contributed by atoms with Crippen LogP contribution in [-0.2, 0) is 9.53 Å². The minimum absolute atomic E-state index is 0.192. The minimum Gasteiger partial charge on any atom is -0.478 e. The first-order chi connectivity index (χ1) is 14.4. The van der Waals surface area contributed by atoms with Gasteiger partial charge in [0, 0.05) is 11.1 Å². The van der Waals surface area contributed by atoms with E-state index in [4.69, 9.17) is 32.7 Å². The van der Waals surface area contributed by atoms with Gasteiger partial charge in [0.25, 0.3) is 11.8 Å². The number of amides is 2. The fourth-order valence-corrected chi connectivity index (χ4v) is 3.66. The molecule has 2 aromatic carbocycles. The summed E-state index contributed by atoms with van der Waals surface area (Å²) in [4.78, 5) is 42.0. The van der Waals surface area contributed by atoms with Crippen molar-refractivity contribution in [1.29, 1.82) is 0 Å². The zero-order valence-corrected chi connectivity index (χ0v) is 17.2. The maximum Gasteiger partial charge on any atom is 0.345 e. The first-order valence-electron chi connectivity index (χ1n) is 8.86. The van der Waals surface area contributed by atoms with Crippen molar-refractivity contribution in [2.75, 3.05) is 13.3 Å². The predicted molar refractivity (Wildman–Crippen MR) is 110 cm³/mol. The van der Waals surface area contributed by atoms with Crippen LogP contribution in [0, 0.1) is 6.92 Å². The molecular formula is C21H14Cl2N2O5. The lowest BCUT2D eigenvalue weighted by atomic mass is 10.1. The third kappa shape index (κ3) is 3.58. The molecule has 0 saturated carbocycles. The molecule has 0 unspecified atom stereocenters. The van der Waals surface area contributed by atoms with Gasteiger partial charge >= 0.3 is 5.97 Å². The zero-order valence-electron chi connectivity index (χ0n) is 15.6. The monoisotopic (exact) mass is 444 g/mol. The molecule has 152 valence electrons. The molecule has 2 heterocycles. The van der Waals surface area contributed by atoms with Gasteiger partial charge < -0.3 is 9.47 Å². The van der Waals surface area contributed by atoms with Crippen LogP contribution < -0.4 is 4.74 Å². The Morgan fingerprint density at radius 1 is 1.03 bits per heavy atom. The van der Waals surface area contributed by atoms with Crippen LogP contribution in [0.25, 0.3) is 10.9 Å². The summed E-state index contributed by atoms with van der Waals surface area (Å²) in [7, 11) is 0. The number of pyridine rings is 1. The van der Waals surface area contributed by atoms with E-state index in [0.29, 0.717) is 15.9 Å². The average Bonchev–Trinajstić information content (AvgIpc) is 2.96. The number of nitrogens with zero attached hydrogens (tertiary/aromatic N) is 2. The smallest absolute Gasteiger partial charge is 0.345 e. The first-order valence-corrected chi connectivity index (χ1v) is 9.61. The summed E-state index contributed by atoms with van der Waals surface area (Å²) < 4.78 is 10.6. The molecule has 1 aliphatic rings. The van der Waals surface area contributed by atoms with Crippen molar-refractivity contribution < 1.29 is 23.9 Å². The number of ether oxygens (including phenoxy) is 2. The lowest BCUT2D eigenvalue weighted by molar-refractivity contribution is -0.148. The van der Waals surface area contributed by atoms with E-state index in [-0.39, 0.29) is 21.9 Å². The molecule has 9 heteroatoms. The van der Waals surface area contributed by atoms with Gasteiger partial charge in [0.05, 0.1) is 21.2 Å².